The molecule has 0 unspecified atom stereocenters. The highest BCUT2D eigenvalue weighted by atomic mass is 16.1. The molecule has 0 fully saturated rings. The number of carbonyl (C=O) groups is 1. The van der Waals surface area contributed by atoms with Crippen molar-refractivity contribution in [1.82, 2.24) is 4.98 Å². The maximum Gasteiger partial charge on any atom is 0.231 e. The number of aromatic nitrogens is 1. The zero-order chi connectivity index (χ0) is 18.2. The second-order valence-corrected chi connectivity index (χ2v) is 6.11. The Morgan fingerprint density at radius 1 is 0.923 bits per heavy atom. The zero-order valence-corrected chi connectivity index (χ0v) is 14.9. The zero-order valence-electron chi connectivity index (χ0n) is 14.9. The summed E-state index contributed by atoms with van der Waals surface area (Å²) in [6.45, 7) is 2.69. The highest BCUT2D eigenvalue weighted by molar-refractivity contribution is 5.95. The fraction of sp³-hybridized carbons (Fsp3) is 0.182. The van der Waals surface area contributed by atoms with Crippen molar-refractivity contribution in [2.45, 2.75) is 25.8 Å². The van der Waals surface area contributed by atoms with Crippen LogP contribution in [0.15, 0.2) is 79.0 Å². The van der Waals surface area contributed by atoms with Gasteiger partial charge in [0, 0.05) is 17.6 Å². The van der Waals surface area contributed by atoms with Crippen LogP contribution in [-0.2, 0) is 11.3 Å². The molecule has 4 nitrogen and oxygen atoms in total. The summed E-state index contributed by atoms with van der Waals surface area (Å²) < 4.78 is 0. The number of rotatable bonds is 7. The fourth-order valence-electron chi connectivity index (χ4n) is 2.85. The van der Waals surface area contributed by atoms with Crippen molar-refractivity contribution in [1.29, 1.82) is 0 Å². The molecule has 0 aliphatic heterocycles. The molecule has 132 valence electrons. The number of benzene rings is 2. The molecule has 1 aromatic heterocycles. The van der Waals surface area contributed by atoms with Crippen molar-refractivity contribution in [2.75, 3.05) is 10.6 Å². The summed E-state index contributed by atoms with van der Waals surface area (Å²) in [5.41, 5.74) is 3.82. The van der Waals surface area contributed by atoms with Crippen LogP contribution in [0.25, 0.3) is 0 Å². The standard InChI is InChI=1S/C22H23N3O/c1-2-21(17-8-4-3-5-9-17)22(26)25-19-13-11-18(12-14-19)24-16-20-10-6-7-15-23-20/h3-15,21,24H,2,16H2,1H3,(H,25,26)/t21-/m1/s1. The van der Waals surface area contributed by atoms with E-state index in [1.807, 2.05) is 79.7 Å². The van der Waals surface area contributed by atoms with E-state index in [1.54, 1.807) is 6.20 Å². The molecule has 1 amide bonds. The molecule has 3 rings (SSSR count). The van der Waals surface area contributed by atoms with Crippen LogP contribution in [0.2, 0.25) is 0 Å². The summed E-state index contributed by atoms with van der Waals surface area (Å²) in [7, 11) is 0. The first kappa shape index (κ1) is 17.7. The predicted molar refractivity (Wildman–Crippen MR) is 106 cm³/mol. The minimum absolute atomic E-state index is 0.0212. The second-order valence-electron chi connectivity index (χ2n) is 6.11. The molecule has 2 aromatic carbocycles. The molecule has 0 saturated carbocycles. The molecule has 0 spiro atoms. The first-order valence-corrected chi connectivity index (χ1v) is 8.86. The quantitative estimate of drug-likeness (QED) is 0.645. The first-order valence-electron chi connectivity index (χ1n) is 8.86. The molecule has 2 N–H and O–H groups in total. The number of hydrogen-bond acceptors (Lipinski definition) is 3. The third-order valence-corrected chi connectivity index (χ3v) is 4.28. The van der Waals surface area contributed by atoms with Crippen LogP contribution in [0, 0.1) is 0 Å². The van der Waals surface area contributed by atoms with E-state index in [1.165, 1.54) is 0 Å². The Morgan fingerprint density at radius 2 is 1.62 bits per heavy atom. The van der Waals surface area contributed by atoms with Gasteiger partial charge < -0.3 is 10.6 Å². The van der Waals surface area contributed by atoms with Gasteiger partial charge in [0.15, 0.2) is 0 Å². The van der Waals surface area contributed by atoms with Gasteiger partial charge >= 0.3 is 0 Å². The van der Waals surface area contributed by atoms with E-state index in [-0.39, 0.29) is 11.8 Å². The molecule has 1 heterocycles. The number of anilines is 2. The molecule has 4 heteroatoms. The van der Waals surface area contributed by atoms with Crippen molar-refractivity contribution in [3.63, 3.8) is 0 Å². The molecular formula is C22H23N3O. The molecule has 0 radical (unpaired) electrons. The van der Waals surface area contributed by atoms with E-state index in [2.05, 4.69) is 15.6 Å². The summed E-state index contributed by atoms with van der Waals surface area (Å²) >= 11 is 0. The number of pyridine rings is 1. The molecule has 26 heavy (non-hydrogen) atoms. The van der Waals surface area contributed by atoms with Gasteiger partial charge in [0.1, 0.15) is 0 Å². The number of nitrogens with zero attached hydrogens (tertiary/aromatic N) is 1. The van der Waals surface area contributed by atoms with E-state index < -0.39 is 0 Å². The van der Waals surface area contributed by atoms with Crippen LogP contribution < -0.4 is 10.6 Å². The highest BCUT2D eigenvalue weighted by Crippen LogP contribution is 2.22. The molecule has 0 aliphatic carbocycles. The topological polar surface area (TPSA) is 54.0 Å². The minimum atomic E-state index is -0.141. The van der Waals surface area contributed by atoms with Gasteiger partial charge in [-0.3, -0.25) is 9.78 Å². The largest absolute Gasteiger partial charge is 0.379 e. The Bertz CT molecular complexity index is 817. The number of carbonyl (C=O) groups excluding carboxylic acids is 1. The second kappa shape index (κ2) is 8.81. The third-order valence-electron chi connectivity index (χ3n) is 4.28. The maximum atomic E-state index is 12.6. The molecule has 1 atom stereocenters. The van der Waals surface area contributed by atoms with Gasteiger partial charge in [0.05, 0.1) is 18.2 Å². The van der Waals surface area contributed by atoms with E-state index in [0.717, 1.165) is 29.1 Å². The Hall–Kier alpha value is -3.14. The minimum Gasteiger partial charge on any atom is -0.379 e. The van der Waals surface area contributed by atoms with Crippen molar-refractivity contribution in [3.05, 3.63) is 90.3 Å². The number of amides is 1. The van der Waals surface area contributed by atoms with Gasteiger partial charge in [-0.2, -0.15) is 0 Å². The lowest BCUT2D eigenvalue weighted by Crippen LogP contribution is -2.20. The summed E-state index contributed by atoms with van der Waals surface area (Å²) in [4.78, 5) is 16.9. The normalized spacial score (nSPS) is 11.6. The molecule has 0 saturated heterocycles. The van der Waals surface area contributed by atoms with Crippen molar-refractivity contribution < 1.29 is 4.79 Å². The fourth-order valence-corrected chi connectivity index (χ4v) is 2.85. The van der Waals surface area contributed by atoms with Gasteiger partial charge in [-0.15, -0.1) is 0 Å². The maximum absolute atomic E-state index is 12.6. The smallest absolute Gasteiger partial charge is 0.231 e. The van der Waals surface area contributed by atoms with Crippen LogP contribution in [0.1, 0.15) is 30.5 Å². The third kappa shape index (κ3) is 4.70. The number of hydrogen-bond donors (Lipinski definition) is 2. The van der Waals surface area contributed by atoms with E-state index >= 15 is 0 Å². The van der Waals surface area contributed by atoms with Gasteiger partial charge in [0.2, 0.25) is 5.91 Å². The molecule has 0 aliphatic rings. The van der Waals surface area contributed by atoms with Crippen LogP contribution in [0.4, 0.5) is 11.4 Å². The monoisotopic (exact) mass is 345 g/mol. The van der Waals surface area contributed by atoms with Gasteiger partial charge in [-0.25, -0.2) is 0 Å². The lowest BCUT2D eigenvalue weighted by atomic mass is 9.95. The Morgan fingerprint density at radius 3 is 2.27 bits per heavy atom. The van der Waals surface area contributed by atoms with Crippen molar-refractivity contribution in [2.24, 2.45) is 0 Å². The lowest BCUT2D eigenvalue weighted by molar-refractivity contribution is -0.117. The first-order chi connectivity index (χ1) is 12.8. The van der Waals surface area contributed by atoms with Gasteiger partial charge in [0.25, 0.3) is 0 Å². The Labute approximate surface area is 154 Å². The SMILES string of the molecule is CC[C@@H](C(=O)Nc1ccc(NCc2ccccn2)cc1)c1ccccc1. The number of nitrogens with one attached hydrogen (secondary N) is 2. The van der Waals surface area contributed by atoms with Crippen molar-refractivity contribution in [3.8, 4) is 0 Å². The van der Waals surface area contributed by atoms with E-state index in [4.69, 9.17) is 0 Å². The molecular weight excluding hydrogens is 322 g/mol. The Kier molecular flexibility index (Phi) is 5.99. The van der Waals surface area contributed by atoms with Crippen LogP contribution in [0.5, 0.6) is 0 Å². The van der Waals surface area contributed by atoms with Crippen LogP contribution >= 0.6 is 0 Å². The predicted octanol–water partition coefficient (Wildman–Crippen LogP) is 4.83. The Balaban J connectivity index is 1.59. The summed E-state index contributed by atoms with van der Waals surface area (Å²) in [6.07, 6.45) is 2.55. The average molecular weight is 345 g/mol. The van der Waals surface area contributed by atoms with Crippen molar-refractivity contribution >= 4 is 17.3 Å². The van der Waals surface area contributed by atoms with E-state index in [0.29, 0.717) is 6.54 Å². The average Bonchev–Trinajstić information content (AvgIpc) is 2.70. The molecule has 0 bridgehead atoms. The van der Waals surface area contributed by atoms with E-state index in [9.17, 15) is 4.79 Å². The summed E-state index contributed by atoms with van der Waals surface area (Å²) in [5, 5.41) is 6.34. The lowest BCUT2D eigenvalue weighted by Gasteiger charge is -2.15. The van der Waals surface area contributed by atoms with Crippen LogP contribution in [0.3, 0.4) is 0 Å². The summed E-state index contributed by atoms with van der Waals surface area (Å²) in [6, 6.07) is 23.5. The van der Waals surface area contributed by atoms with Gasteiger partial charge in [-0.1, -0.05) is 43.3 Å². The highest BCUT2D eigenvalue weighted by Gasteiger charge is 2.18. The summed E-state index contributed by atoms with van der Waals surface area (Å²) in [5.74, 6) is -0.119. The van der Waals surface area contributed by atoms with Crippen LogP contribution in [-0.4, -0.2) is 10.9 Å². The van der Waals surface area contributed by atoms with Gasteiger partial charge in [-0.05, 0) is 48.4 Å². The molecule has 3 aromatic rings.